The number of nitrogens with one attached hydrogen (secondary N) is 1. The number of hydrogen-bond acceptors (Lipinski definition) is 2. The van der Waals surface area contributed by atoms with Crippen molar-refractivity contribution in [1.29, 1.82) is 5.26 Å². The number of hydrogen-bond donors (Lipinski definition) is 1. The molecule has 0 aliphatic heterocycles. The molecule has 1 aromatic carbocycles. The number of amides is 1. The Labute approximate surface area is 102 Å². The molecule has 0 aliphatic carbocycles. The van der Waals surface area contributed by atoms with Crippen molar-refractivity contribution in [1.82, 2.24) is 5.32 Å². The second-order valence-corrected chi connectivity index (χ2v) is 3.70. The molecule has 1 aromatic rings. The molecule has 18 heavy (non-hydrogen) atoms. The first-order valence-electron chi connectivity index (χ1n) is 5.20. The van der Waals surface area contributed by atoms with Gasteiger partial charge in [-0.3, -0.25) is 4.79 Å². The average molecular weight is 256 g/mol. The number of carbonyl (C=O) groups is 1. The van der Waals surface area contributed by atoms with Gasteiger partial charge in [0, 0.05) is 0 Å². The van der Waals surface area contributed by atoms with Crippen LogP contribution in [0, 0.1) is 17.2 Å². The van der Waals surface area contributed by atoms with Gasteiger partial charge in [-0.25, -0.2) is 0 Å². The van der Waals surface area contributed by atoms with Crippen molar-refractivity contribution in [2.45, 2.75) is 12.6 Å². The molecule has 0 saturated carbocycles. The fourth-order valence-corrected chi connectivity index (χ4v) is 1.36. The van der Waals surface area contributed by atoms with Crippen molar-refractivity contribution >= 4 is 5.91 Å². The van der Waals surface area contributed by atoms with Crippen molar-refractivity contribution in [3.63, 3.8) is 0 Å². The first-order valence-corrected chi connectivity index (χ1v) is 5.20. The molecule has 0 heterocycles. The van der Waals surface area contributed by atoms with E-state index in [1.165, 1.54) is 0 Å². The summed E-state index contributed by atoms with van der Waals surface area (Å²) in [5.74, 6) is -2.02. The van der Waals surface area contributed by atoms with Crippen LogP contribution in [0.5, 0.6) is 0 Å². The van der Waals surface area contributed by atoms with Gasteiger partial charge in [0.15, 0.2) is 0 Å². The molecule has 1 amide bonds. The van der Waals surface area contributed by atoms with Crippen LogP contribution in [0.4, 0.5) is 13.2 Å². The lowest BCUT2D eigenvalue weighted by atomic mass is 10.00. The summed E-state index contributed by atoms with van der Waals surface area (Å²) in [6.45, 7) is -1.42. The molecular weight excluding hydrogens is 245 g/mol. The van der Waals surface area contributed by atoms with Crippen LogP contribution in [-0.2, 0) is 11.2 Å². The first kappa shape index (κ1) is 14.0. The zero-order valence-corrected chi connectivity index (χ0v) is 9.37. The smallest absolute Gasteiger partial charge is 0.346 e. The van der Waals surface area contributed by atoms with Crippen LogP contribution in [0.15, 0.2) is 30.3 Å². The average Bonchev–Trinajstić information content (AvgIpc) is 2.33. The monoisotopic (exact) mass is 256 g/mol. The lowest BCUT2D eigenvalue weighted by molar-refractivity contribution is -0.139. The third-order valence-corrected chi connectivity index (χ3v) is 2.22. The van der Waals surface area contributed by atoms with Crippen molar-refractivity contribution in [2.24, 2.45) is 5.92 Å². The van der Waals surface area contributed by atoms with Crippen molar-refractivity contribution in [3.8, 4) is 6.07 Å². The summed E-state index contributed by atoms with van der Waals surface area (Å²) in [6.07, 6.45) is -4.37. The van der Waals surface area contributed by atoms with Crippen LogP contribution in [0.2, 0.25) is 0 Å². The molecule has 1 rings (SSSR count). The number of rotatable bonds is 4. The number of nitrogens with zero attached hydrogens (tertiary/aromatic N) is 1. The fourth-order valence-electron chi connectivity index (χ4n) is 1.36. The van der Waals surface area contributed by atoms with Crippen molar-refractivity contribution in [3.05, 3.63) is 35.9 Å². The van der Waals surface area contributed by atoms with Gasteiger partial charge in [-0.2, -0.15) is 18.4 Å². The molecule has 0 radical (unpaired) electrons. The Kier molecular flexibility index (Phi) is 4.72. The maximum Gasteiger partial charge on any atom is 0.405 e. The number of alkyl halides is 3. The van der Waals surface area contributed by atoms with Crippen LogP contribution in [0.1, 0.15) is 5.56 Å². The van der Waals surface area contributed by atoms with Crippen molar-refractivity contribution < 1.29 is 18.0 Å². The Morgan fingerprint density at radius 3 is 2.44 bits per heavy atom. The molecule has 6 heteroatoms. The number of halogens is 3. The third-order valence-electron chi connectivity index (χ3n) is 2.22. The fraction of sp³-hybridized carbons (Fsp3) is 0.333. The van der Waals surface area contributed by atoms with E-state index in [9.17, 15) is 18.0 Å². The summed E-state index contributed by atoms with van der Waals surface area (Å²) in [5, 5.41) is 10.5. The second-order valence-electron chi connectivity index (χ2n) is 3.70. The van der Waals surface area contributed by atoms with Gasteiger partial charge in [0.1, 0.15) is 12.5 Å². The van der Waals surface area contributed by atoms with E-state index in [2.05, 4.69) is 0 Å². The SMILES string of the molecule is N#CC(Cc1ccccc1)C(=O)NCC(F)(F)F. The quantitative estimate of drug-likeness (QED) is 0.896. The van der Waals surface area contributed by atoms with Gasteiger partial charge in [0.25, 0.3) is 0 Å². The predicted octanol–water partition coefficient (Wildman–Crippen LogP) is 2.05. The third kappa shape index (κ3) is 4.87. The summed E-state index contributed by atoms with van der Waals surface area (Å²) in [6, 6.07) is 10.4. The largest absolute Gasteiger partial charge is 0.405 e. The minimum atomic E-state index is -4.47. The maximum atomic E-state index is 11.9. The molecule has 0 fully saturated rings. The van der Waals surface area contributed by atoms with E-state index in [0.29, 0.717) is 0 Å². The predicted molar refractivity (Wildman–Crippen MR) is 58.3 cm³/mol. The van der Waals surface area contributed by atoms with Crippen LogP contribution in [0.3, 0.4) is 0 Å². The molecule has 1 unspecified atom stereocenters. The second kappa shape index (κ2) is 6.05. The highest BCUT2D eigenvalue weighted by atomic mass is 19.4. The summed E-state index contributed by atoms with van der Waals surface area (Å²) >= 11 is 0. The Morgan fingerprint density at radius 2 is 1.94 bits per heavy atom. The van der Waals surface area contributed by atoms with Crippen LogP contribution in [-0.4, -0.2) is 18.6 Å². The van der Waals surface area contributed by atoms with E-state index >= 15 is 0 Å². The summed E-state index contributed by atoms with van der Waals surface area (Å²) < 4.78 is 35.7. The zero-order chi connectivity index (χ0) is 13.6. The zero-order valence-electron chi connectivity index (χ0n) is 9.37. The van der Waals surface area contributed by atoms with Gasteiger partial charge in [-0.1, -0.05) is 30.3 Å². The van der Waals surface area contributed by atoms with Gasteiger partial charge in [0.2, 0.25) is 5.91 Å². The number of nitriles is 1. The molecular formula is C12H11F3N2O. The van der Waals surface area contributed by atoms with Gasteiger partial charge < -0.3 is 5.32 Å². The van der Waals surface area contributed by atoms with Crippen LogP contribution >= 0.6 is 0 Å². The van der Waals surface area contributed by atoms with E-state index in [1.807, 2.05) is 0 Å². The molecule has 1 atom stereocenters. The van der Waals surface area contributed by atoms with Crippen LogP contribution < -0.4 is 5.32 Å². The molecule has 0 bridgehead atoms. The Bertz CT molecular complexity index is 437. The molecule has 3 nitrogen and oxygen atoms in total. The molecule has 0 spiro atoms. The Morgan fingerprint density at radius 1 is 1.33 bits per heavy atom. The van der Waals surface area contributed by atoms with Gasteiger partial charge >= 0.3 is 6.18 Å². The van der Waals surface area contributed by atoms with E-state index < -0.39 is 24.5 Å². The number of benzene rings is 1. The topological polar surface area (TPSA) is 52.9 Å². The highest BCUT2D eigenvalue weighted by Gasteiger charge is 2.29. The van der Waals surface area contributed by atoms with E-state index in [1.54, 1.807) is 41.7 Å². The number of carbonyl (C=O) groups excluding carboxylic acids is 1. The highest BCUT2D eigenvalue weighted by molar-refractivity contribution is 5.81. The molecule has 0 saturated heterocycles. The van der Waals surface area contributed by atoms with Gasteiger partial charge in [0.05, 0.1) is 6.07 Å². The minimum absolute atomic E-state index is 0.0982. The lowest BCUT2D eigenvalue weighted by Crippen LogP contribution is -2.37. The molecule has 96 valence electrons. The normalized spacial score (nSPS) is 12.6. The molecule has 1 N–H and O–H groups in total. The first-order chi connectivity index (χ1) is 8.42. The van der Waals surface area contributed by atoms with E-state index in [0.717, 1.165) is 5.56 Å². The Hall–Kier alpha value is -2.03. The van der Waals surface area contributed by atoms with E-state index in [4.69, 9.17) is 5.26 Å². The van der Waals surface area contributed by atoms with E-state index in [-0.39, 0.29) is 6.42 Å². The standard InChI is InChI=1S/C12H11F3N2O/c13-12(14,15)8-17-11(18)10(7-16)6-9-4-2-1-3-5-9/h1-5,10H,6,8H2,(H,17,18). The molecule has 0 aliphatic rings. The summed E-state index contributed by atoms with van der Waals surface area (Å²) in [7, 11) is 0. The summed E-state index contributed by atoms with van der Waals surface area (Å²) in [4.78, 5) is 11.4. The molecule has 0 aromatic heterocycles. The minimum Gasteiger partial charge on any atom is -0.346 e. The lowest BCUT2D eigenvalue weighted by Gasteiger charge is -2.11. The highest BCUT2D eigenvalue weighted by Crippen LogP contribution is 2.13. The summed E-state index contributed by atoms with van der Waals surface area (Å²) in [5.41, 5.74) is 0.728. The Balaban J connectivity index is 2.57. The maximum absolute atomic E-state index is 11.9. The van der Waals surface area contributed by atoms with Gasteiger partial charge in [-0.05, 0) is 12.0 Å². The van der Waals surface area contributed by atoms with Crippen molar-refractivity contribution in [2.75, 3.05) is 6.54 Å². The van der Waals surface area contributed by atoms with Gasteiger partial charge in [-0.15, -0.1) is 0 Å². The van der Waals surface area contributed by atoms with Crippen LogP contribution in [0.25, 0.3) is 0 Å².